The topological polar surface area (TPSA) is 66.8 Å². The van der Waals surface area contributed by atoms with E-state index in [0.717, 1.165) is 4.90 Å². The highest BCUT2D eigenvalue weighted by Crippen LogP contribution is 2.37. The molecule has 0 saturated heterocycles. The summed E-state index contributed by atoms with van der Waals surface area (Å²) >= 11 is 1.39. The normalized spacial score (nSPS) is 14.4. The number of rotatable bonds is 3. The molecule has 0 spiro atoms. The van der Waals surface area contributed by atoms with E-state index in [1.165, 1.54) is 16.7 Å². The van der Waals surface area contributed by atoms with Crippen LogP contribution in [0.2, 0.25) is 0 Å². The number of thioether (sulfide) groups is 1. The molecule has 1 aliphatic heterocycles. The number of amides is 1. The van der Waals surface area contributed by atoms with Crippen LogP contribution < -0.4 is 9.64 Å². The number of aliphatic carboxylic acids is 1. The smallest absolute Gasteiger partial charge is 0.323 e. The lowest BCUT2D eigenvalue weighted by molar-refractivity contribution is -0.136. The van der Waals surface area contributed by atoms with Gasteiger partial charge in [-0.15, -0.1) is 11.8 Å². The van der Waals surface area contributed by atoms with Crippen molar-refractivity contribution in [3.63, 3.8) is 0 Å². The van der Waals surface area contributed by atoms with Crippen molar-refractivity contribution in [1.29, 1.82) is 0 Å². The summed E-state index contributed by atoms with van der Waals surface area (Å²) in [4.78, 5) is 24.5. The van der Waals surface area contributed by atoms with Gasteiger partial charge in [-0.2, -0.15) is 0 Å². The lowest BCUT2D eigenvalue weighted by atomic mass is 10.2. The maximum Gasteiger partial charge on any atom is 0.323 e. The van der Waals surface area contributed by atoms with Crippen LogP contribution in [0.3, 0.4) is 0 Å². The van der Waals surface area contributed by atoms with Crippen LogP contribution in [0.25, 0.3) is 0 Å². The van der Waals surface area contributed by atoms with Gasteiger partial charge < -0.3 is 9.84 Å². The summed E-state index contributed by atoms with van der Waals surface area (Å²) < 4.78 is 5.09. The van der Waals surface area contributed by atoms with Crippen LogP contribution in [-0.4, -0.2) is 36.4 Å². The predicted molar refractivity (Wildman–Crippen MR) is 63.7 cm³/mol. The lowest BCUT2D eigenvalue weighted by Gasteiger charge is -2.27. The van der Waals surface area contributed by atoms with Gasteiger partial charge in [-0.1, -0.05) is 0 Å². The third-order valence-electron chi connectivity index (χ3n) is 2.40. The first-order chi connectivity index (χ1) is 8.11. The van der Waals surface area contributed by atoms with Gasteiger partial charge in [0.1, 0.15) is 12.3 Å². The molecular weight excluding hydrogens is 242 g/mol. The van der Waals surface area contributed by atoms with E-state index in [4.69, 9.17) is 9.84 Å². The van der Waals surface area contributed by atoms with Crippen molar-refractivity contribution in [3.8, 4) is 5.75 Å². The Morgan fingerprint density at radius 1 is 1.59 bits per heavy atom. The van der Waals surface area contributed by atoms with E-state index >= 15 is 0 Å². The molecule has 0 aliphatic carbocycles. The lowest BCUT2D eigenvalue weighted by Crippen LogP contribution is -2.39. The zero-order valence-electron chi connectivity index (χ0n) is 9.17. The molecule has 1 heterocycles. The van der Waals surface area contributed by atoms with Crippen LogP contribution in [0.1, 0.15) is 0 Å². The molecule has 17 heavy (non-hydrogen) atoms. The number of carbonyl (C=O) groups is 2. The zero-order chi connectivity index (χ0) is 12.4. The number of hydrogen-bond donors (Lipinski definition) is 1. The number of benzene rings is 1. The summed E-state index contributed by atoms with van der Waals surface area (Å²) in [7, 11) is 1.56. The molecule has 1 aromatic carbocycles. The fraction of sp³-hybridized carbons (Fsp3) is 0.273. The molecule has 90 valence electrons. The van der Waals surface area contributed by atoms with E-state index in [0.29, 0.717) is 11.4 Å². The summed E-state index contributed by atoms with van der Waals surface area (Å²) in [5.74, 6) is -0.254. The van der Waals surface area contributed by atoms with E-state index in [2.05, 4.69) is 0 Å². The summed E-state index contributed by atoms with van der Waals surface area (Å²) in [6.07, 6.45) is 0. The van der Waals surface area contributed by atoms with E-state index < -0.39 is 5.97 Å². The molecule has 0 radical (unpaired) electrons. The molecule has 2 rings (SSSR count). The van der Waals surface area contributed by atoms with E-state index in [-0.39, 0.29) is 18.2 Å². The van der Waals surface area contributed by atoms with Crippen molar-refractivity contribution >= 4 is 29.3 Å². The molecule has 1 amide bonds. The number of anilines is 1. The van der Waals surface area contributed by atoms with Crippen molar-refractivity contribution in [1.82, 2.24) is 0 Å². The Morgan fingerprint density at radius 3 is 3.00 bits per heavy atom. The van der Waals surface area contributed by atoms with Crippen LogP contribution in [0, 0.1) is 0 Å². The summed E-state index contributed by atoms with van der Waals surface area (Å²) in [5, 5.41) is 8.78. The third-order valence-corrected chi connectivity index (χ3v) is 3.43. The monoisotopic (exact) mass is 253 g/mol. The third kappa shape index (κ3) is 2.36. The van der Waals surface area contributed by atoms with E-state index in [1.807, 2.05) is 0 Å². The Morgan fingerprint density at radius 2 is 2.35 bits per heavy atom. The molecule has 0 saturated carbocycles. The SMILES string of the molecule is COc1ccc2c(c1)SCC(=O)N2CC(=O)O. The first-order valence-electron chi connectivity index (χ1n) is 4.95. The van der Waals surface area contributed by atoms with E-state index in [1.54, 1.807) is 25.3 Å². The van der Waals surface area contributed by atoms with Crippen LogP contribution >= 0.6 is 11.8 Å². The Hall–Kier alpha value is -1.69. The summed E-state index contributed by atoms with van der Waals surface area (Å²) in [6.45, 7) is -0.307. The first kappa shape index (κ1) is 11.8. The van der Waals surface area contributed by atoms with Crippen molar-refractivity contribution < 1.29 is 19.4 Å². The molecule has 1 N–H and O–H groups in total. The first-order valence-corrected chi connectivity index (χ1v) is 5.93. The van der Waals surface area contributed by atoms with Gasteiger partial charge in [0.25, 0.3) is 0 Å². The molecule has 1 aliphatic rings. The van der Waals surface area contributed by atoms with Crippen molar-refractivity contribution in [2.24, 2.45) is 0 Å². The number of carboxylic acids is 1. The molecular formula is C11H11NO4S. The summed E-state index contributed by atoms with van der Waals surface area (Å²) in [5.41, 5.74) is 0.634. The van der Waals surface area contributed by atoms with Gasteiger partial charge in [-0.05, 0) is 18.2 Å². The molecule has 0 bridgehead atoms. The zero-order valence-corrected chi connectivity index (χ0v) is 9.99. The molecule has 0 fully saturated rings. The maximum atomic E-state index is 11.7. The van der Waals surface area contributed by atoms with Crippen molar-refractivity contribution in [2.75, 3.05) is 24.3 Å². The number of hydrogen-bond acceptors (Lipinski definition) is 4. The predicted octanol–water partition coefficient (Wildman–Crippen LogP) is 1.22. The second kappa shape index (κ2) is 4.67. The Balaban J connectivity index is 2.37. The van der Waals surface area contributed by atoms with Crippen molar-refractivity contribution in [3.05, 3.63) is 18.2 Å². The molecule has 6 heteroatoms. The summed E-state index contributed by atoms with van der Waals surface area (Å²) in [6, 6.07) is 5.23. The van der Waals surface area contributed by atoms with Gasteiger partial charge in [0.15, 0.2) is 0 Å². The second-order valence-corrected chi connectivity index (χ2v) is 4.51. The number of ether oxygens (including phenoxy) is 1. The highest BCUT2D eigenvalue weighted by atomic mass is 32.2. The van der Waals surface area contributed by atoms with Crippen LogP contribution in [-0.2, 0) is 9.59 Å². The Labute approximate surface area is 102 Å². The second-order valence-electron chi connectivity index (χ2n) is 3.50. The molecule has 0 atom stereocenters. The number of nitrogens with zero attached hydrogens (tertiary/aromatic N) is 1. The fourth-order valence-corrected chi connectivity index (χ4v) is 2.58. The minimum absolute atomic E-state index is 0.185. The number of fused-ring (bicyclic) bond motifs is 1. The highest BCUT2D eigenvalue weighted by Gasteiger charge is 2.26. The quantitative estimate of drug-likeness (QED) is 0.877. The van der Waals surface area contributed by atoms with Gasteiger partial charge in [0, 0.05) is 4.90 Å². The average molecular weight is 253 g/mol. The molecule has 0 aromatic heterocycles. The van der Waals surface area contributed by atoms with Crippen LogP contribution in [0.4, 0.5) is 5.69 Å². The van der Waals surface area contributed by atoms with Crippen LogP contribution in [0.15, 0.2) is 23.1 Å². The highest BCUT2D eigenvalue weighted by molar-refractivity contribution is 8.00. The van der Waals surface area contributed by atoms with E-state index in [9.17, 15) is 9.59 Å². The largest absolute Gasteiger partial charge is 0.497 e. The van der Waals surface area contributed by atoms with Gasteiger partial charge >= 0.3 is 5.97 Å². The molecule has 5 nitrogen and oxygen atoms in total. The number of carbonyl (C=O) groups excluding carboxylic acids is 1. The number of methoxy groups -OCH3 is 1. The molecule has 1 aromatic rings. The molecule has 0 unspecified atom stereocenters. The van der Waals surface area contributed by atoms with Gasteiger partial charge in [-0.25, -0.2) is 0 Å². The number of carboxylic acid groups (broad SMARTS) is 1. The van der Waals surface area contributed by atoms with Gasteiger partial charge in [0.2, 0.25) is 5.91 Å². The minimum atomic E-state index is -1.02. The standard InChI is InChI=1S/C11H11NO4S/c1-16-7-2-3-8-9(4-7)17-6-10(13)12(8)5-11(14)15/h2-4H,5-6H2,1H3,(H,14,15). The fourth-order valence-electron chi connectivity index (χ4n) is 1.62. The van der Waals surface area contributed by atoms with Crippen LogP contribution in [0.5, 0.6) is 5.75 Å². The minimum Gasteiger partial charge on any atom is -0.497 e. The van der Waals surface area contributed by atoms with Gasteiger partial charge in [0.05, 0.1) is 18.6 Å². The van der Waals surface area contributed by atoms with Gasteiger partial charge in [-0.3, -0.25) is 14.5 Å². The average Bonchev–Trinajstić information content (AvgIpc) is 2.32. The Kier molecular flexibility index (Phi) is 3.23. The van der Waals surface area contributed by atoms with Crippen molar-refractivity contribution in [2.45, 2.75) is 4.90 Å². The maximum absolute atomic E-state index is 11.7. The Bertz CT molecular complexity index is 475.